The number of aliphatic hydroxyl groups excluding tert-OH is 1. The van der Waals surface area contributed by atoms with Gasteiger partial charge in [-0.05, 0) is 38.3 Å². The van der Waals surface area contributed by atoms with Gasteiger partial charge < -0.3 is 5.11 Å². The highest BCUT2D eigenvalue weighted by molar-refractivity contribution is 7.89. The Hall–Kier alpha value is -0.910. The summed E-state index contributed by atoms with van der Waals surface area (Å²) in [6, 6.07) is 6.66. The lowest BCUT2D eigenvalue weighted by atomic mass is 10.1. The van der Waals surface area contributed by atoms with E-state index < -0.39 is 10.0 Å². The van der Waals surface area contributed by atoms with Crippen LogP contribution in [0.1, 0.15) is 31.7 Å². The van der Waals surface area contributed by atoms with Crippen molar-refractivity contribution >= 4 is 10.0 Å². The maximum absolute atomic E-state index is 12.1. The van der Waals surface area contributed by atoms with Gasteiger partial charge in [-0.15, -0.1) is 0 Å². The van der Waals surface area contributed by atoms with E-state index in [0.717, 1.165) is 5.56 Å². The molecule has 0 radical (unpaired) electrons. The van der Waals surface area contributed by atoms with Crippen LogP contribution in [0.15, 0.2) is 29.2 Å². The zero-order chi connectivity index (χ0) is 13.6. The first-order chi connectivity index (χ1) is 8.49. The molecule has 1 rings (SSSR count). The highest BCUT2D eigenvalue weighted by Gasteiger charge is 2.18. The number of nitrogens with one attached hydrogen (secondary N) is 1. The predicted octanol–water partition coefficient (Wildman–Crippen LogP) is 1.82. The lowest BCUT2D eigenvalue weighted by Gasteiger charge is -2.16. The second-order valence-electron chi connectivity index (χ2n) is 4.41. The van der Waals surface area contributed by atoms with Gasteiger partial charge in [0.1, 0.15) is 0 Å². The van der Waals surface area contributed by atoms with E-state index in [1.54, 1.807) is 24.3 Å². The van der Waals surface area contributed by atoms with Crippen LogP contribution in [-0.2, 0) is 10.0 Å². The minimum Gasteiger partial charge on any atom is -0.396 e. The van der Waals surface area contributed by atoms with Gasteiger partial charge in [-0.3, -0.25) is 0 Å². The molecule has 0 fully saturated rings. The summed E-state index contributed by atoms with van der Waals surface area (Å²) in [5.41, 5.74) is 1.03. The molecule has 0 aliphatic rings. The smallest absolute Gasteiger partial charge is 0.240 e. The predicted molar refractivity (Wildman–Crippen MR) is 71.9 cm³/mol. The molecule has 102 valence electrons. The molecule has 0 saturated carbocycles. The Kier molecular flexibility index (Phi) is 5.78. The molecule has 2 N–H and O–H groups in total. The van der Waals surface area contributed by atoms with Gasteiger partial charge in [0.25, 0.3) is 0 Å². The summed E-state index contributed by atoms with van der Waals surface area (Å²) in [5.74, 6) is 0. The Morgan fingerprint density at radius 3 is 2.39 bits per heavy atom. The minimum absolute atomic E-state index is 0.0861. The highest BCUT2D eigenvalue weighted by atomic mass is 32.2. The summed E-state index contributed by atoms with van der Waals surface area (Å²) in [6.45, 7) is 3.93. The third-order valence-electron chi connectivity index (χ3n) is 2.86. The van der Waals surface area contributed by atoms with Crippen LogP contribution in [0.4, 0.5) is 0 Å². The lowest BCUT2D eigenvalue weighted by Crippen LogP contribution is -2.34. The number of rotatable bonds is 7. The molecule has 1 atom stereocenters. The topological polar surface area (TPSA) is 66.4 Å². The molecule has 1 aromatic carbocycles. The summed E-state index contributed by atoms with van der Waals surface area (Å²) in [4.78, 5) is 0.288. The van der Waals surface area contributed by atoms with Crippen LogP contribution < -0.4 is 4.72 Å². The zero-order valence-corrected chi connectivity index (χ0v) is 11.7. The molecule has 18 heavy (non-hydrogen) atoms. The first-order valence-electron chi connectivity index (χ1n) is 6.19. The summed E-state index contributed by atoms with van der Waals surface area (Å²) in [6.07, 6.45) is 1.97. The summed E-state index contributed by atoms with van der Waals surface area (Å²) in [7, 11) is -3.45. The molecule has 0 spiro atoms. The maximum atomic E-state index is 12.1. The Morgan fingerprint density at radius 2 is 1.89 bits per heavy atom. The number of aryl methyl sites for hydroxylation is 1. The van der Waals surface area contributed by atoms with Gasteiger partial charge in [0.05, 0.1) is 4.90 Å². The van der Waals surface area contributed by atoms with Gasteiger partial charge in [0.2, 0.25) is 10.0 Å². The van der Waals surface area contributed by atoms with E-state index in [4.69, 9.17) is 5.11 Å². The Bertz CT molecular complexity index is 454. The van der Waals surface area contributed by atoms with Crippen molar-refractivity contribution in [2.75, 3.05) is 6.61 Å². The van der Waals surface area contributed by atoms with Gasteiger partial charge in [-0.25, -0.2) is 13.1 Å². The Morgan fingerprint density at radius 1 is 1.28 bits per heavy atom. The quantitative estimate of drug-likeness (QED) is 0.795. The van der Waals surface area contributed by atoms with Crippen molar-refractivity contribution in [3.05, 3.63) is 29.8 Å². The second-order valence-corrected chi connectivity index (χ2v) is 6.12. The molecule has 0 aromatic heterocycles. The third-order valence-corrected chi connectivity index (χ3v) is 4.39. The van der Waals surface area contributed by atoms with Gasteiger partial charge in [-0.2, -0.15) is 0 Å². The van der Waals surface area contributed by atoms with Gasteiger partial charge in [0.15, 0.2) is 0 Å². The van der Waals surface area contributed by atoms with Crippen LogP contribution in [0.2, 0.25) is 0 Å². The average molecular weight is 271 g/mol. The van der Waals surface area contributed by atoms with E-state index in [1.807, 2.05) is 13.8 Å². The monoisotopic (exact) mass is 271 g/mol. The van der Waals surface area contributed by atoms with Crippen LogP contribution in [0.5, 0.6) is 0 Å². The van der Waals surface area contributed by atoms with Crippen molar-refractivity contribution in [1.29, 1.82) is 0 Å². The first-order valence-corrected chi connectivity index (χ1v) is 7.67. The fourth-order valence-electron chi connectivity index (χ4n) is 1.69. The van der Waals surface area contributed by atoms with Crippen LogP contribution in [0, 0.1) is 6.92 Å². The second kappa shape index (κ2) is 6.87. The standard InChI is InChI=1S/C13H21NO3S/c1-3-12(5-4-10-15)14-18(16,17)13-8-6-11(2)7-9-13/h6-9,12,14-15H,3-5,10H2,1-2H3. The summed E-state index contributed by atoms with van der Waals surface area (Å²) < 4.78 is 26.9. The van der Waals surface area contributed by atoms with Crippen LogP contribution in [0.25, 0.3) is 0 Å². The minimum atomic E-state index is -3.45. The SMILES string of the molecule is CCC(CCCO)NS(=O)(=O)c1ccc(C)cc1. The van der Waals surface area contributed by atoms with E-state index >= 15 is 0 Å². The highest BCUT2D eigenvalue weighted by Crippen LogP contribution is 2.12. The van der Waals surface area contributed by atoms with E-state index in [9.17, 15) is 8.42 Å². The van der Waals surface area contributed by atoms with Crippen LogP contribution >= 0.6 is 0 Å². The van der Waals surface area contributed by atoms with Crippen molar-refractivity contribution in [3.8, 4) is 0 Å². The van der Waals surface area contributed by atoms with Crippen molar-refractivity contribution in [3.63, 3.8) is 0 Å². The fraction of sp³-hybridized carbons (Fsp3) is 0.538. The van der Waals surface area contributed by atoms with E-state index in [2.05, 4.69) is 4.72 Å². The Labute approximate surface area is 109 Å². The summed E-state index contributed by atoms with van der Waals surface area (Å²) >= 11 is 0. The van der Waals surface area contributed by atoms with Gasteiger partial charge in [-0.1, -0.05) is 24.6 Å². The summed E-state index contributed by atoms with van der Waals surface area (Å²) in [5, 5.41) is 8.78. The molecule has 1 aromatic rings. The molecule has 4 nitrogen and oxygen atoms in total. The van der Waals surface area contributed by atoms with Crippen molar-refractivity contribution in [2.45, 2.75) is 44.0 Å². The average Bonchev–Trinajstić information content (AvgIpc) is 2.35. The fourth-order valence-corrected chi connectivity index (χ4v) is 3.04. The van der Waals surface area contributed by atoms with Crippen molar-refractivity contribution < 1.29 is 13.5 Å². The lowest BCUT2D eigenvalue weighted by molar-refractivity contribution is 0.277. The Balaban J connectivity index is 2.77. The van der Waals surface area contributed by atoms with E-state index in [0.29, 0.717) is 19.3 Å². The van der Waals surface area contributed by atoms with E-state index in [-0.39, 0.29) is 17.5 Å². The maximum Gasteiger partial charge on any atom is 0.240 e. The molecular weight excluding hydrogens is 250 g/mol. The molecule has 1 unspecified atom stereocenters. The molecule has 0 amide bonds. The largest absolute Gasteiger partial charge is 0.396 e. The molecule has 0 aliphatic carbocycles. The molecule has 0 bridgehead atoms. The molecule has 0 aliphatic heterocycles. The number of aliphatic hydroxyl groups is 1. The molecule has 0 saturated heterocycles. The van der Waals surface area contributed by atoms with Gasteiger partial charge >= 0.3 is 0 Å². The van der Waals surface area contributed by atoms with Gasteiger partial charge in [0, 0.05) is 12.6 Å². The molecule has 5 heteroatoms. The van der Waals surface area contributed by atoms with Crippen molar-refractivity contribution in [1.82, 2.24) is 4.72 Å². The molecular formula is C13H21NO3S. The van der Waals surface area contributed by atoms with Crippen LogP contribution in [-0.4, -0.2) is 26.2 Å². The number of benzene rings is 1. The number of hydrogen-bond donors (Lipinski definition) is 2. The first kappa shape index (κ1) is 15.1. The number of sulfonamides is 1. The van der Waals surface area contributed by atoms with E-state index in [1.165, 1.54) is 0 Å². The third kappa shape index (κ3) is 4.40. The normalized spacial score (nSPS) is 13.5. The zero-order valence-electron chi connectivity index (χ0n) is 10.9. The van der Waals surface area contributed by atoms with Crippen molar-refractivity contribution in [2.24, 2.45) is 0 Å². The number of hydrogen-bond acceptors (Lipinski definition) is 3. The molecule has 0 heterocycles. The van der Waals surface area contributed by atoms with Crippen LogP contribution in [0.3, 0.4) is 0 Å².